The van der Waals surface area contributed by atoms with Gasteiger partial charge in [0, 0.05) is 22.2 Å². The van der Waals surface area contributed by atoms with E-state index in [1.54, 1.807) is 36.4 Å². The van der Waals surface area contributed by atoms with Crippen molar-refractivity contribution in [3.05, 3.63) is 68.4 Å². The summed E-state index contributed by atoms with van der Waals surface area (Å²) >= 11 is 5.89. The van der Waals surface area contributed by atoms with Crippen LogP contribution in [0.15, 0.2) is 42.1 Å². The van der Waals surface area contributed by atoms with Crippen molar-refractivity contribution in [1.82, 2.24) is 0 Å². The number of methoxy groups -OCH3 is 2. The molecule has 0 amide bonds. The number of nitrogens with zero attached hydrogens (tertiary/aromatic N) is 1. The fourth-order valence-corrected chi connectivity index (χ4v) is 2.67. The van der Waals surface area contributed by atoms with Crippen LogP contribution >= 0.6 is 11.6 Å². The van der Waals surface area contributed by atoms with Crippen LogP contribution in [0.5, 0.6) is 17.2 Å². The van der Waals surface area contributed by atoms with E-state index in [1.807, 2.05) is 0 Å². The lowest BCUT2D eigenvalue weighted by Crippen LogP contribution is -2.16. The first-order chi connectivity index (χ1) is 11.5. The third kappa shape index (κ3) is 2.88. The fraction of sp³-hybridized carbons (Fsp3) is 0.176. The van der Waals surface area contributed by atoms with Crippen LogP contribution in [-0.4, -0.2) is 19.1 Å². The van der Waals surface area contributed by atoms with Crippen LogP contribution in [0.4, 0.5) is 0 Å². The van der Waals surface area contributed by atoms with Gasteiger partial charge in [0.05, 0.1) is 25.6 Å². The predicted octanol–water partition coefficient (Wildman–Crippen LogP) is 3.94. The van der Waals surface area contributed by atoms with Crippen molar-refractivity contribution in [3.8, 4) is 17.2 Å². The van der Waals surface area contributed by atoms with Crippen LogP contribution in [0.2, 0.25) is 5.02 Å². The van der Waals surface area contributed by atoms with Crippen molar-refractivity contribution < 1.29 is 19.1 Å². The van der Waals surface area contributed by atoms with Gasteiger partial charge in [-0.15, -0.1) is 0 Å². The topological polar surface area (TPSA) is 70.8 Å². The molecule has 0 aromatic heterocycles. The summed E-state index contributed by atoms with van der Waals surface area (Å²) in [6, 6.07) is 10.1. The smallest absolute Gasteiger partial charge is 0.293 e. The van der Waals surface area contributed by atoms with Gasteiger partial charge in [0.1, 0.15) is 5.75 Å². The van der Waals surface area contributed by atoms with Gasteiger partial charge in [0.15, 0.2) is 11.5 Å². The molecule has 0 fully saturated rings. The Kier molecular flexibility index (Phi) is 4.31. The molecule has 0 radical (unpaired) electrons. The Balaban J connectivity index is 2.13. The van der Waals surface area contributed by atoms with Crippen molar-refractivity contribution in [2.45, 2.75) is 6.42 Å². The number of nitro groups is 1. The van der Waals surface area contributed by atoms with E-state index in [2.05, 4.69) is 0 Å². The van der Waals surface area contributed by atoms with Crippen molar-refractivity contribution in [1.29, 1.82) is 0 Å². The van der Waals surface area contributed by atoms with Crippen molar-refractivity contribution in [3.63, 3.8) is 0 Å². The molecule has 7 heteroatoms. The highest BCUT2D eigenvalue weighted by Gasteiger charge is 2.32. The molecule has 0 saturated carbocycles. The molecular weight excluding hydrogens is 334 g/mol. The summed E-state index contributed by atoms with van der Waals surface area (Å²) in [4.78, 5) is 11.1. The van der Waals surface area contributed by atoms with Gasteiger partial charge in [0.25, 0.3) is 5.70 Å². The van der Waals surface area contributed by atoms with Gasteiger partial charge in [-0.25, -0.2) is 0 Å². The number of allylic oxidation sites excluding steroid dienone is 1. The van der Waals surface area contributed by atoms with E-state index in [4.69, 9.17) is 25.8 Å². The number of rotatable bonds is 4. The largest absolute Gasteiger partial charge is 0.497 e. The molecule has 0 N–H and O–H groups in total. The molecule has 6 nitrogen and oxygen atoms in total. The Bertz CT molecular complexity index is 830. The first kappa shape index (κ1) is 16.1. The third-order valence-corrected chi connectivity index (χ3v) is 3.96. The lowest BCUT2D eigenvalue weighted by molar-refractivity contribution is -0.427. The summed E-state index contributed by atoms with van der Waals surface area (Å²) in [5.41, 5.74) is 1.19. The Hall–Kier alpha value is -2.73. The predicted molar refractivity (Wildman–Crippen MR) is 89.2 cm³/mol. The van der Waals surface area contributed by atoms with E-state index < -0.39 is 4.92 Å². The number of halogens is 1. The zero-order valence-corrected chi connectivity index (χ0v) is 13.8. The minimum Gasteiger partial charge on any atom is -0.497 e. The summed E-state index contributed by atoms with van der Waals surface area (Å²) in [5, 5.41) is 12.0. The van der Waals surface area contributed by atoms with Gasteiger partial charge in [-0.05, 0) is 30.3 Å². The highest BCUT2D eigenvalue weighted by Crippen LogP contribution is 2.43. The molecule has 0 unspecified atom stereocenters. The van der Waals surface area contributed by atoms with E-state index in [0.717, 1.165) is 0 Å². The van der Waals surface area contributed by atoms with Gasteiger partial charge in [0.2, 0.25) is 5.76 Å². The van der Waals surface area contributed by atoms with Crippen molar-refractivity contribution in [2.24, 2.45) is 0 Å². The molecule has 0 atom stereocenters. The molecule has 1 aliphatic heterocycles. The second-order valence-corrected chi connectivity index (χ2v) is 5.57. The zero-order valence-electron chi connectivity index (χ0n) is 13.0. The Labute approximate surface area is 143 Å². The summed E-state index contributed by atoms with van der Waals surface area (Å²) in [6.45, 7) is 0. The first-order valence-corrected chi connectivity index (χ1v) is 7.47. The highest BCUT2D eigenvalue weighted by atomic mass is 35.5. The van der Waals surface area contributed by atoms with E-state index >= 15 is 0 Å². The van der Waals surface area contributed by atoms with Crippen molar-refractivity contribution >= 4 is 17.4 Å². The minimum atomic E-state index is -0.432. The normalized spacial score (nSPS) is 13.1. The maximum Gasteiger partial charge on any atom is 0.293 e. The second-order valence-electron chi connectivity index (χ2n) is 5.14. The van der Waals surface area contributed by atoms with Crippen LogP contribution in [0, 0.1) is 10.1 Å². The number of benzene rings is 2. The number of fused-ring (bicyclic) bond motifs is 1. The molecule has 0 spiro atoms. The molecule has 3 rings (SSSR count). The monoisotopic (exact) mass is 347 g/mol. The van der Waals surface area contributed by atoms with Crippen molar-refractivity contribution in [2.75, 3.05) is 14.2 Å². The zero-order chi connectivity index (χ0) is 17.3. The van der Waals surface area contributed by atoms with Gasteiger partial charge in [-0.3, -0.25) is 10.1 Å². The second kappa shape index (κ2) is 6.41. The lowest BCUT2D eigenvalue weighted by Gasteiger charge is -2.22. The van der Waals surface area contributed by atoms with Crippen LogP contribution in [0.1, 0.15) is 11.1 Å². The summed E-state index contributed by atoms with van der Waals surface area (Å²) in [6.07, 6.45) is 0.105. The molecule has 0 aliphatic carbocycles. The fourth-order valence-electron chi connectivity index (χ4n) is 2.54. The Morgan fingerprint density at radius 1 is 1.17 bits per heavy atom. The molecule has 2 aromatic carbocycles. The highest BCUT2D eigenvalue weighted by molar-refractivity contribution is 6.30. The maximum atomic E-state index is 11.5. The summed E-state index contributed by atoms with van der Waals surface area (Å²) in [7, 11) is 3.03. The molecule has 1 aliphatic rings. The van der Waals surface area contributed by atoms with E-state index in [9.17, 15) is 10.1 Å². The van der Waals surface area contributed by atoms with Crippen LogP contribution in [-0.2, 0) is 6.42 Å². The molecule has 0 bridgehead atoms. The van der Waals surface area contributed by atoms with Gasteiger partial charge < -0.3 is 14.2 Å². The van der Waals surface area contributed by atoms with E-state index in [0.29, 0.717) is 33.4 Å². The maximum absolute atomic E-state index is 11.5. The standard InChI is InChI=1S/C17H14ClNO5/c1-22-13-7-11-8-14(19(20)21)16(10-3-5-12(18)6-4-10)24-17(11)15(9-13)23-2/h3-7,9H,8H2,1-2H3. The molecule has 24 heavy (non-hydrogen) atoms. The average Bonchev–Trinajstić information content (AvgIpc) is 2.60. The van der Waals surface area contributed by atoms with E-state index in [-0.39, 0.29) is 17.9 Å². The Morgan fingerprint density at radius 2 is 1.88 bits per heavy atom. The van der Waals surface area contributed by atoms with Crippen LogP contribution in [0.25, 0.3) is 5.76 Å². The third-order valence-electron chi connectivity index (χ3n) is 3.71. The Morgan fingerprint density at radius 3 is 2.46 bits per heavy atom. The molecule has 1 heterocycles. The average molecular weight is 348 g/mol. The van der Waals surface area contributed by atoms with E-state index in [1.165, 1.54) is 14.2 Å². The first-order valence-electron chi connectivity index (χ1n) is 7.09. The molecule has 0 saturated heterocycles. The summed E-state index contributed by atoms with van der Waals surface area (Å²) in [5.74, 6) is 1.64. The van der Waals surface area contributed by atoms with Gasteiger partial charge in [-0.2, -0.15) is 0 Å². The SMILES string of the molecule is COc1cc2c(c(OC)c1)OC(c1ccc(Cl)cc1)=C([N+](=O)[O-])C2. The number of hydrogen-bond acceptors (Lipinski definition) is 5. The molecule has 2 aromatic rings. The van der Waals surface area contributed by atoms with Crippen LogP contribution in [0.3, 0.4) is 0 Å². The summed E-state index contributed by atoms with van der Waals surface area (Å²) < 4.78 is 16.4. The molecular formula is C17H14ClNO5. The minimum absolute atomic E-state index is 0.0277. The number of ether oxygens (including phenoxy) is 3. The number of hydrogen-bond donors (Lipinski definition) is 0. The molecule has 124 valence electrons. The van der Waals surface area contributed by atoms with Gasteiger partial charge >= 0.3 is 0 Å². The van der Waals surface area contributed by atoms with Gasteiger partial charge in [-0.1, -0.05) is 11.6 Å². The van der Waals surface area contributed by atoms with Crippen LogP contribution < -0.4 is 14.2 Å². The quantitative estimate of drug-likeness (QED) is 0.619. The lowest BCUT2D eigenvalue weighted by atomic mass is 10.0.